The van der Waals surface area contributed by atoms with Crippen LogP contribution in [0, 0.1) is 17.2 Å². The highest BCUT2D eigenvalue weighted by atomic mass is 16.5. The quantitative estimate of drug-likeness (QED) is 0.740. The van der Waals surface area contributed by atoms with E-state index < -0.39 is 5.41 Å². The number of aromatic nitrogens is 2. The first-order valence-corrected chi connectivity index (χ1v) is 8.18. The molecule has 0 radical (unpaired) electrons. The molecular weight excluding hydrogens is 302 g/mol. The standard InChI is InChI=1S/C19H25N3O2/c1-15(2)19(14-20,9-5-11-22-12-6-10-21-22)16-7-8-17(23-3)18(13-16)24-4/h6-8,10,12-13,15H,5,9,11H2,1-4H3. The number of nitrogens with zero attached hydrogens (tertiary/aromatic N) is 3. The van der Waals surface area contributed by atoms with Gasteiger partial charge in [0.15, 0.2) is 11.5 Å². The Morgan fingerprint density at radius 2 is 2.00 bits per heavy atom. The van der Waals surface area contributed by atoms with Gasteiger partial charge in [0.2, 0.25) is 0 Å². The third-order valence-corrected chi connectivity index (χ3v) is 4.60. The fourth-order valence-electron chi connectivity index (χ4n) is 3.08. The fourth-order valence-corrected chi connectivity index (χ4v) is 3.08. The molecule has 24 heavy (non-hydrogen) atoms. The van der Waals surface area contributed by atoms with Gasteiger partial charge in [-0.05, 0) is 42.5 Å². The minimum absolute atomic E-state index is 0.179. The number of hydrogen-bond donors (Lipinski definition) is 0. The molecule has 0 amide bonds. The summed E-state index contributed by atoms with van der Waals surface area (Å²) >= 11 is 0. The Morgan fingerprint density at radius 1 is 1.25 bits per heavy atom. The zero-order valence-electron chi connectivity index (χ0n) is 14.8. The van der Waals surface area contributed by atoms with Crippen LogP contribution in [-0.2, 0) is 12.0 Å². The lowest BCUT2D eigenvalue weighted by molar-refractivity contribution is 0.336. The van der Waals surface area contributed by atoms with Gasteiger partial charge < -0.3 is 9.47 Å². The Kier molecular flexibility index (Phi) is 5.86. The zero-order chi connectivity index (χ0) is 17.6. The summed E-state index contributed by atoms with van der Waals surface area (Å²) in [5, 5.41) is 14.2. The fraction of sp³-hybridized carbons (Fsp3) is 0.474. The van der Waals surface area contributed by atoms with Gasteiger partial charge >= 0.3 is 0 Å². The van der Waals surface area contributed by atoms with E-state index in [1.165, 1.54) is 0 Å². The molecule has 1 heterocycles. The Labute approximate surface area is 143 Å². The molecule has 0 N–H and O–H groups in total. The van der Waals surface area contributed by atoms with Crippen LogP contribution >= 0.6 is 0 Å². The van der Waals surface area contributed by atoms with Gasteiger partial charge in [0.05, 0.1) is 25.7 Å². The molecule has 0 saturated carbocycles. The van der Waals surface area contributed by atoms with Crippen LogP contribution in [0.5, 0.6) is 11.5 Å². The maximum Gasteiger partial charge on any atom is 0.161 e. The largest absolute Gasteiger partial charge is 0.493 e. The molecule has 1 unspecified atom stereocenters. The highest BCUT2D eigenvalue weighted by Crippen LogP contribution is 2.40. The lowest BCUT2D eigenvalue weighted by atomic mass is 9.70. The maximum atomic E-state index is 10.0. The van der Waals surface area contributed by atoms with Crippen molar-refractivity contribution in [2.24, 2.45) is 5.92 Å². The zero-order valence-corrected chi connectivity index (χ0v) is 14.8. The van der Waals surface area contributed by atoms with Crippen LogP contribution in [0.25, 0.3) is 0 Å². The van der Waals surface area contributed by atoms with Gasteiger partial charge in [-0.1, -0.05) is 19.9 Å². The monoisotopic (exact) mass is 327 g/mol. The van der Waals surface area contributed by atoms with Crippen molar-refractivity contribution in [1.82, 2.24) is 9.78 Å². The second-order valence-electron chi connectivity index (χ2n) is 6.18. The Morgan fingerprint density at radius 3 is 2.54 bits per heavy atom. The van der Waals surface area contributed by atoms with Crippen molar-refractivity contribution in [2.45, 2.75) is 38.6 Å². The van der Waals surface area contributed by atoms with E-state index in [9.17, 15) is 5.26 Å². The van der Waals surface area contributed by atoms with Gasteiger partial charge in [-0.3, -0.25) is 4.68 Å². The molecule has 1 aromatic carbocycles. The lowest BCUT2D eigenvalue weighted by Gasteiger charge is -2.32. The lowest BCUT2D eigenvalue weighted by Crippen LogP contribution is -2.31. The molecule has 0 saturated heterocycles. The summed E-state index contributed by atoms with van der Waals surface area (Å²) in [7, 11) is 3.23. The van der Waals surface area contributed by atoms with Crippen molar-refractivity contribution in [1.29, 1.82) is 5.26 Å². The molecule has 2 aromatic rings. The summed E-state index contributed by atoms with van der Waals surface area (Å²) in [5.74, 6) is 1.51. The third kappa shape index (κ3) is 3.53. The van der Waals surface area contributed by atoms with Gasteiger partial charge in [-0.15, -0.1) is 0 Å². The van der Waals surface area contributed by atoms with Gasteiger partial charge in [0, 0.05) is 18.9 Å². The molecule has 0 bridgehead atoms. The van der Waals surface area contributed by atoms with Crippen molar-refractivity contribution >= 4 is 0 Å². The summed E-state index contributed by atoms with van der Waals surface area (Å²) in [4.78, 5) is 0. The molecule has 0 aliphatic carbocycles. The SMILES string of the molecule is COc1ccc(C(C#N)(CCCn2cccn2)C(C)C)cc1OC. The predicted molar refractivity (Wildman–Crippen MR) is 93.1 cm³/mol. The van der Waals surface area contributed by atoms with Gasteiger partial charge in [0.25, 0.3) is 0 Å². The van der Waals surface area contributed by atoms with E-state index in [-0.39, 0.29) is 5.92 Å². The first-order valence-electron chi connectivity index (χ1n) is 8.18. The van der Waals surface area contributed by atoms with Crippen molar-refractivity contribution in [3.05, 3.63) is 42.2 Å². The number of ether oxygens (including phenoxy) is 2. The highest BCUT2D eigenvalue weighted by molar-refractivity contribution is 5.47. The van der Waals surface area contributed by atoms with Crippen LogP contribution in [0.2, 0.25) is 0 Å². The van der Waals surface area contributed by atoms with Crippen molar-refractivity contribution in [3.8, 4) is 17.6 Å². The minimum Gasteiger partial charge on any atom is -0.493 e. The van der Waals surface area contributed by atoms with Crippen LogP contribution < -0.4 is 9.47 Å². The molecule has 1 atom stereocenters. The van der Waals surface area contributed by atoms with E-state index in [4.69, 9.17) is 9.47 Å². The van der Waals surface area contributed by atoms with Gasteiger partial charge in [-0.25, -0.2) is 0 Å². The molecule has 1 aromatic heterocycles. The summed E-state index contributed by atoms with van der Waals surface area (Å²) in [5.41, 5.74) is 0.408. The molecule has 128 valence electrons. The van der Waals surface area contributed by atoms with Crippen LogP contribution in [0.4, 0.5) is 0 Å². The molecule has 0 aliphatic heterocycles. The Hall–Kier alpha value is -2.48. The van der Waals surface area contributed by atoms with E-state index in [2.05, 4.69) is 25.0 Å². The molecule has 5 heteroatoms. The molecule has 2 rings (SSSR count). The summed E-state index contributed by atoms with van der Waals surface area (Å²) in [6, 6.07) is 10.3. The number of nitriles is 1. The van der Waals surface area contributed by atoms with Crippen LogP contribution in [-0.4, -0.2) is 24.0 Å². The van der Waals surface area contributed by atoms with Gasteiger partial charge in [-0.2, -0.15) is 10.4 Å². The second-order valence-corrected chi connectivity index (χ2v) is 6.18. The van der Waals surface area contributed by atoms with Crippen molar-refractivity contribution in [2.75, 3.05) is 14.2 Å². The second kappa shape index (κ2) is 7.87. The normalized spacial score (nSPS) is 13.3. The summed E-state index contributed by atoms with van der Waals surface area (Å²) < 4.78 is 12.6. The van der Waals surface area contributed by atoms with Crippen LogP contribution in [0.15, 0.2) is 36.7 Å². The smallest absolute Gasteiger partial charge is 0.161 e. The van der Waals surface area contributed by atoms with E-state index >= 15 is 0 Å². The van der Waals surface area contributed by atoms with Crippen molar-refractivity contribution < 1.29 is 9.47 Å². The predicted octanol–water partition coefficient (Wildman–Crippen LogP) is 3.80. The van der Waals surface area contributed by atoms with E-state index in [1.807, 2.05) is 35.1 Å². The average Bonchev–Trinajstić information content (AvgIpc) is 3.11. The van der Waals surface area contributed by atoms with Crippen molar-refractivity contribution in [3.63, 3.8) is 0 Å². The Bertz CT molecular complexity index is 689. The molecule has 5 nitrogen and oxygen atoms in total. The van der Waals surface area contributed by atoms with E-state index in [0.29, 0.717) is 11.5 Å². The number of benzene rings is 1. The Balaban J connectivity index is 2.28. The number of aryl methyl sites for hydroxylation is 1. The number of methoxy groups -OCH3 is 2. The maximum absolute atomic E-state index is 10.0. The van der Waals surface area contributed by atoms with E-state index in [0.717, 1.165) is 24.9 Å². The van der Waals surface area contributed by atoms with Crippen LogP contribution in [0.1, 0.15) is 32.3 Å². The first-order chi connectivity index (χ1) is 11.6. The highest BCUT2D eigenvalue weighted by Gasteiger charge is 2.36. The number of hydrogen-bond acceptors (Lipinski definition) is 4. The topological polar surface area (TPSA) is 60.1 Å². The number of rotatable bonds is 8. The average molecular weight is 327 g/mol. The summed E-state index contributed by atoms with van der Waals surface area (Å²) in [6.45, 7) is 4.98. The first kappa shape index (κ1) is 17.9. The molecule has 0 spiro atoms. The molecular formula is C19H25N3O2. The van der Waals surface area contributed by atoms with Gasteiger partial charge in [0.1, 0.15) is 0 Å². The third-order valence-electron chi connectivity index (χ3n) is 4.60. The van der Waals surface area contributed by atoms with E-state index in [1.54, 1.807) is 20.4 Å². The minimum atomic E-state index is -0.563. The molecule has 0 fully saturated rings. The molecule has 0 aliphatic rings. The van der Waals surface area contributed by atoms with Crippen LogP contribution in [0.3, 0.4) is 0 Å². The summed E-state index contributed by atoms with van der Waals surface area (Å²) in [6.07, 6.45) is 5.35.